The first kappa shape index (κ1) is 16.1. The molecule has 0 spiro atoms. The first-order valence-corrected chi connectivity index (χ1v) is 4.59. The molecule has 0 aliphatic carbocycles. The fourth-order valence-corrected chi connectivity index (χ4v) is 1.36. The largest absolute Gasteiger partial charge is 0.436 e. The van der Waals surface area contributed by atoms with Gasteiger partial charge in [0.15, 0.2) is 0 Å². The predicted octanol–water partition coefficient (Wildman–Crippen LogP) is 4.02. The fraction of sp³-hybridized carbons (Fsp3) is 0.333. The summed E-state index contributed by atoms with van der Waals surface area (Å²) in [6.07, 6.45) is -13.0. The first-order valence-electron chi connectivity index (χ1n) is 4.59. The average molecular weight is 309 g/mol. The van der Waals surface area contributed by atoms with Gasteiger partial charge in [-0.2, -0.15) is 26.3 Å². The lowest BCUT2D eigenvalue weighted by Crippen LogP contribution is -2.50. The molecule has 1 rings (SSSR count). The highest BCUT2D eigenvalue weighted by Gasteiger charge is 2.74. The van der Waals surface area contributed by atoms with Gasteiger partial charge in [-0.15, -0.1) is 0 Å². The van der Waals surface area contributed by atoms with Crippen LogP contribution in [0.3, 0.4) is 0 Å². The predicted molar refractivity (Wildman–Crippen MR) is 48.0 cm³/mol. The van der Waals surface area contributed by atoms with Gasteiger partial charge in [-0.05, 0) is 6.07 Å². The van der Waals surface area contributed by atoms with E-state index in [0.29, 0.717) is 0 Å². The van der Waals surface area contributed by atoms with Crippen molar-refractivity contribution in [2.45, 2.75) is 18.0 Å². The summed E-state index contributed by atoms with van der Waals surface area (Å²) in [5.41, 5.74) is -9.46. The molecule has 1 aromatic carbocycles. The van der Waals surface area contributed by atoms with Crippen LogP contribution < -0.4 is 0 Å². The molecule has 0 bridgehead atoms. The van der Waals surface area contributed by atoms with E-state index in [1.165, 1.54) is 0 Å². The highest BCUT2D eigenvalue weighted by Crippen LogP contribution is 2.53. The van der Waals surface area contributed by atoms with E-state index in [-0.39, 0.29) is 18.2 Å². The number of nitro benzene ring substituents is 1. The van der Waals surface area contributed by atoms with Gasteiger partial charge in [0.25, 0.3) is 5.69 Å². The standard InChI is InChI=1S/C9H3F8NO2/c10-6-3-4(18(19)20)1-2-5(6)7(11,8(12,13)14)9(15,16)17/h1-3H. The number of halogens is 8. The maximum atomic E-state index is 13.5. The quantitative estimate of drug-likeness (QED) is 0.470. The van der Waals surface area contributed by atoms with Gasteiger partial charge >= 0.3 is 18.0 Å². The monoisotopic (exact) mass is 309 g/mol. The van der Waals surface area contributed by atoms with Crippen molar-refractivity contribution in [2.24, 2.45) is 0 Å². The molecule has 0 heterocycles. The Labute approximate surface area is 105 Å². The Kier molecular flexibility index (Phi) is 3.68. The van der Waals surface area contributed by atoms with Crippen LogP contribution in [0, 0.1) is 15.9 Å². The molecule has 112 valence electrons. The number of benzene rings is 1. The van der Waals surface area contributed by atoms with E-state index in [2.05, 4.69) is 0 Å². The molecule has 0 atom stereocenters. The lowest BCUT2D eigenvalue weighted by atomic mass is 9.93. The molecule has 0 aromatic heterocycles. The van der Waals surface area contributed by atoms with Gasteiger partial charge in [-0.1, -0.05) is 0 Å². The SMILES string of the molecule is O=[N+]([O-])c1ccc(C(F)(C(F)(F)F)C(F)(F)F)c(F)c1. The van der Waals surface area contributed by atoms with E-state index in [0.717, 1.165) is 0 Å². The van der Waals surface area contributed by atoms with Crippen LogP contribution in [0.4, 0.5) is 40.8 Å². The van der Waals surface area contributed by atoms with Crippen LogP contribution >= 0.6 is 0 Å². The zero-order chi connectivity index (χ0) is 15.9. The zero-order valence-corrected chi connectivity index (χ0v) is 9.02. The minimum Gasteiger partial charge on any atom is -0.258 e. The molecule has 0 aliphatic rings. The van der Waals surface area contributed by atoms with Gasteiger partial charge in [-0.3, -0.25) is 10.1 Å². The molecule has 3 nitrogen and oxygen atoms in total. The number of rotatable bonds is 2. The average Bonchev–Trinajstić information content (AvgIpc) is 2.24. The van der Waals surface area contributed by atoms with Crippen molar-refractivity contribution in [3.05, 3.63) is 39.7 Å². The first-order chi connectivity index (χ1) is 8.82. The van der Waals surface area contributed by atoms with Gasteiger partial charge in [-0.25, -0.2) is 8.78 Å². The Hall–Kier alpha value is -1.94. The topological polar surface area (TPSA) is 43.1 Å². The molecular weight excluding hydrogens is 306 g/mol. The summed E-state index contributed by atoms with van der Waals surface area (Å²) in [5.74, 6) is -2.32. The number of non-ortho nitro benzene ring substituents is 1. The molecule has 0 N–H and O–H groups in total. The minimum atomic E-state index is -6.48. The van der Waals surface area contributed by atoms with E-state index in [1.807, 2.05) is 0 Å². The van der Waals surface area contributed by atoms with Crippen LogP contribution in [0.2, 0.25) is 0 Å². The highest BCUT2D eigenvalue weighted by molar-refractivity contribution is 5.38. The summed E-state index contributed by atoms with van der Waals surface area (Å²) < 4.78 is 101. The van der Waals surface area contributed by atoms with E-state index in [9.17, 15) is 45.2 Å². The second-order valence-electron chi connectivity index (χ2n) is 3.58. The summed E-state index contributed by atoms with van der Waals surface area (Å²) >= 11 is 0. The van der Waals surface area contributed by atoms with Crippen LogP contribution in [0.25, 0.3) is 0 Å². The van der Waals surface area contributed by atoms with Crippen molar-refractivity contribution in [1.82, 2.24) is 0 Å². The van der Waals surface area contributed by atoms with Gasteiger partial charge < -0.3 is 0 Å². The second-order valence-corrected chi connectivity index (χ2v) is 3.58. The Morgan fingerprint density at radius 2 is 1.40 bits per heavy atom. The van der Waals surface area contributed by atoms with Gasteiger partial charge in [0.2, 0.25) is 0 Å². The number of nitro groups is 1. The van der Waals surface area contributed by atoms with Crippen LogP contribution in [0.15, 0.2) is 18.2 Å². The third kappa shape index (κ3) is 2.39. The van der Waals surface area contributed by atoms with E-state index in [1.54, 1.807) is 0 Å². The zero-order valence-electron chi connectivity index (χ0n) is 9.02. The molecule has 0 saturated heterocycles. The molecule has 0 radical (unpaired) electrons. The van der Waals surface area contributed by atoms with Crippen LogP contribution in [0.5, 0.6) is 0 Å². The molecule has 20 heavy (non-hydrogen) atoms. The molecule has 0 fully saturated rings. The van der Waals surface area contributed by atoms with Crippen molar-refractivity contribution in [2.75, 3.05) is 0 Å². The third-order valence-electron chi connectivity index (χ3n) is 2.32. The Morgan fingerprint density at radius 1 is 0.950 bits per heavy atom. The van der Waals surface area contributed by atoms with E-state index < -0.39 is 40.0 Å². The van der Waals surface area contributed by atoms with Crippen molar-refractivity contribution in [1.29, 1.82) is 0 Å². The van der Waals surface area contributed by atoms with Crippen molar-refractivity contribution < 1.29 is 40.0 Å². The smallest absolute Gasteiger partial charge is 0.258 e. The summed E-state index contributed by atoms with van der Waals surface area (Å²) in [5, 5.41) is 10.2. The number of hydrogen-bond donors (Lipinski definition) is 0. The summed E-state index contributed by atoms with van der Waals surface area (Å²) in [4.78, 5) is 8.95. The maximum Gasteiger partial charge on any atom is 0.436 e. The molecule has 0 amide bonds. The minimum absolute atomic E-state index is 0.143. The normalized spacial score (nSPS) is 13.4. The lowest BCUT2D eigenvalue weighted by molar-refractivity contribution is -0.385. The molecule has 1 aromatic rings. The molecule has 11 heteroatoms. The summed E-state index contributed by atoms with van der Waals surface area (Å²) in [7, 11) is 0. The third-order valence-corrected chi connectivity index (χ3v) is 2.32. The highest BCUT2D eigenvalue weighted by atomic mass is 19.4. The van der Waals surface area contributed by atoms with Gasteiger partial charge in [0, 0.05) is 11.6 Å². The lowest BCUT2D eigenvalue weighted by Gasteiger charge is -2.30. The molecule has 0 aliphatic heterocycles. The number of hydrogen-bond acceptors (Lipinski definition) is 2. The molecular formula is C9H3F8NO2. The Morgan fingerprint density at radius 3 is 1.70 bits per heavy atom. The van der Waals surface area contributed by atoms with Crippen molar-refractivity contribution >= 4 is 5.69 Å². The van der Waals surface area contributed by atoms with Gasteiger partial charge in [0.1, 0.15) is 5.82 Å². The number of alkyl halides is 7. The second kappa shape index (κ2) is 4.56. The Balaban J connectivity index is 3.57. The Bertz CT molecular complexity index is 522. The molecule has 0 saturated carbocycles. The van der Waals surface area contributed by atoms with Gasteiger partial charge in [0.05, 0.1) is 11.0 Å². The number of nitrogens with zero attached hydrogens (tertiary/aromatic N) is 1. The molecule has 0 unspecified atom stereocenters. The summed E-state index contributed by atoms with van der Waals surface area (Å²) in [6, 6.07) is -0.334. The van der Waals surface area contributed by atoms with Crippen molar-refractivity contribution in [3.8, 4) is 0 Å². The van der Waals surface area contributed by atoms with E-state index in [4.69, 9.17) is 0 Å². The summed E-state index contributed by atoms with van der Waals surface area (Å²) in [6.45, 7) is 0. The van der Waals surface area contributed by atoms with Crippen molar-refractivity contribution in [3.63, 3.8) is 0 Å². The van der Waals surface area contributed by atoms with Crippen LogP contribution in [0.1, 0.15) is 5.56 Å². The maximum absolute atomic E-state index is 13.5. The van der Waals surface area contributed by atoms with Crippen LogP contribution in [-0.2, 0) is 5.67 Å². The van der Waals surface area contributed by atoms with Crippen LogP contribution in [-0.4, -0.2) is 17.3 Å². The van der Waals surface area contributed by atoms with E-state index >= 15 is 0 Å². The fourth-order valence-electron chi connectivity index (χ4n) is 1.36.